The van der Waals surface area contributed by atoms with Crippen molar-refractivity contribution in [2.45, 2.75) is 4.90 Å². The molecule has 0 unspecified atom stereocenters. The minimum atomic E-state index is -4.60. The third-order valence-corrected chi connectivity index (χ3v) is 5.77. The van der Waals surface area contributed by atoms with E-state index in [0.717, 1.165) is 16.3 Å². The third-order valence-electron chi connectivity index (χ3n) is 3.86. The zero-order valence-corrected chi connectivity index (χ0v) is 16.7. The molecule has 3 rings (SSSR count). The van der Waals surface area contributed by atoms with Gasteiger partial charge in [0.1, 0.15) is 33.8 Å². The van der Waals surface area contributed by atoms with Crippen LogP contribution >= 0.6 is 11.3 Å². The average molecular weight is 433 g/mol. The van der Waals surface area contributed by atoms with Crippen molar-refractivity contribution in [2.24, 2.45) is 0 Å². The van der Waals surface area contributed by atoms with E-state index in [1.165, 1.54) is 29.5 Å². The van der Waals surface area contributed by atoms with Crippen molar-refractivity contribution in [3.05, 3.63) is 64.3 Å². The maximum atomic E-state index is 11.9. The van der Waals surface area contributed by atoms with E-state index in [1.54, 1.807) is 24.3 Å². The SMILES string of the molecule is N#CC(C#N)=C(C#N)Nc1ccc(C=Cc2nc3ccccc3s2)c(S(=O)(=O)O)c1. The lowest BCUT2D eigenvalue weighted by atomic mass is 10.1. The number of allylic oxidation sites excluding steroid dienone is 2. The Morgan fingerprint density at radius 3 is 2.43 bits per heavy atom. The zero-order chi connectivity index (χ0) is 21.7. The lowest BCUT2D eigenvalue weighted by Crippen LogP contribution is -2.05. The number of para-hydroxylation sites is 1. The smallest absolute Gasteiger partial charge is 0.295 e. The van der Waals surface area contributed by atoms with E-state index in [4.69, 9.17) is 15.8 Å². The Morgan fingerprint density at radius 1 is 1.07 bits per heavy atom. The highest BCUT2D eigenvalue weighted by Crippen LogP contribution is 2.26. The predicted molar refractivity (Wildman–Crippen MR) is 112 cm³/mol. The quantitative estimate of drug-likeness (QED) is 0.453. The average Bonchev–Trinajstić information content (AvgIpc) is 3.15. The van der Waals surface area contributed by atoms with Crippen LogP contribution in [0.4, 0.5) is 5.69 Å². The van der Waals surface area contributed by atoms with Crippen LogP contribution in [0.5, 0.6) is 0 Å². The minimum Gasteiger partial charge on any atom is -0.345 e. The molecule has 3 aromatic rings. The van der Waals surface area contributed by atoms with Crippen LogP contribution in [0.25, 0.3) is 22.4 Å². The summed E-state index contributed by atoms with van der Waals surface area (Å²) in [6, 6.07) is 16.4. The molecule has 0 saturated heterocycles. The fourth-order valence-corrected chi connectivity index (χ4v) is 4.10. The maximum Gasteiger partial charge on any atom is 0.295 e. The van der Waals surface area contributed by atoms with Gasteiger partial charge in [-0.05, 0) is 35.9 Å². The summed E-state index contributed by atoms with van der Waals surface area (Å²) in [5.74, 6) is 0. The van der Waals surface area contributed by atoms with Crippen molar-refractivity contribution in [2.75, 3.05) is 5.32 Å². The molecule has 30 heavy (non-hydrogen) atoms. The molecule has 8 nitrogen and oxygen atoms in total. The van der Waals surface area contributed by atoms with Crippen LogP contribution in [0, 0.1) is 34.0 Å². The van der Waals surface area contributed by atoms with Crippen molar-refractivity contribution in [3.63, 3.8) is 0 Å². The van der Waals surface area contributed by atoms with E-state index in [1.807, 2.05) is 24.3 Å². The molecular weight excluding hydrogens is 422 g/mol. The second-order valence-electron chi connectivity index (χ2n) is 5.79. The lowest BCUT2D eigenvalue weighted by Gasteiger charge is -2.09. The van der Waals surface area contributed by atoms with Crippen molar-refractivity contribution < 1.29 is 13.0 Å². The molecule has 0 fully saturated rings. The van der Waals surface area contributed by atoms with Crippen LogP contribution in [0.15, 0.2) is 58.6 Å². The molecule has 0 aliphatic heterocycles. The number of anilines is 1. The number of benzene rings is 2. The van der Waals surface area contributed by atoms with E-state index < -0.39 is 20.6 Å². The molecule has 0 amide bonds. The van der Waals surface area contributed by atoms with Gasteiger partial charge < -0.3 is 5.32 Å². The highest BCUT2D eigenvalue weighted by molar-refractivity contribution is 7.86. The highest BCUT2D eigenvalue weighted by atomic mass is 32.2. The Kier molecular flexibility index (Phi) is 5.91. The van der Waals surface area contributed by atoms with E-state index in [-0.39, 0.29) is 16.9 Å². The first-order chi connectivity index (χ1) is 14.4. The zero-order valence-electron chi connectivity index (χ0n) is 15.1. The van der Waals surface area contributed by atoms with Gasteiger partial charge in [0, 0.05) is 5.69 Å². The molecule has 0 aliphatic rings. The van der Waals surface area contributed by atoms with Crippen LogP contribution in [0.2, 0.25) is 0 Å². The molecule has 0 bridgehead atoms. The number of nitrogens with zero attached hydrogens (tertiary/aromatic N) is 4. The van der Waals surface area contributed by atoms with Crippen LogP contribution in [0.1, 0.15) is 10.6 Å². The van der Waals surface area contributed by atoms with Crippen molar-refractivity contribution in [3.8, 4) is 18.2 Å². The van der Waals surface area contributed by atoms with Crippen LogP contribution in [0.3, 0.4) is 0 Å². The molecule has 0 radical (unpaired) electrons. The summed E-state index contributed by atoms with van der Waals surface area (Å²) in [5, 5.41) is 30.1. The summed E-state index contributed by atoms with van der Waals surface area (Å²) in [6.07, 6.45) is 3.13. The van der Waals surface area contributed by atoms with Crippen molar-refractivity contribution in [1.29, 1.82) is 15.8 Å². The monoisotopic (exact) mass is 433 g/mol. The van der Waals surface area contributed by atoms with Gasteiger partial charge in [-0.25, -0.2) is 4.98 Å². The first-order valence-electron chi connectivity index (χ1n) is 8.22. The molecule has 146 valence electrons. The molecular formula is C20H11N5O3S2. The van der Waals surface area contributed by atoms with Crippen molar-refractivity contribution >= 4 is 49.5 Å². The lowest BCUT2D eigenvalue weighted by molar-refractivity contribution is 0.483. The molecule has 1 heterocycles. The predicted octanol–water partition coefficient (Wildman–Crippen LogP) is 3.95. The van der Waals surface area contributed by atoms with Gasteiger partial charge in [0.25, 0.3) is 10.1 Å². The number of hydrogen-bond acceptors (Lipinski definition) is 8. The number of rotatable bonds is 5. The molecule has 0 aliphatic carbocycles. The Balaban J connectivity index is 2.00. The second-order valence-corrected chi connectivity index (χ2v) is 8.24. The van der Waals surface area contributed by atoms with E-state index in [2.05, 4.69) is 10.3 Å². The maximum absolute atomic E-state index is 11.9. The highest BCUT2D eigenvalue weighted by Gasteiger charge is 2.16. The van der Waals surface area contributed by atoms with E-state index in [0.29, 0.717) is 5.01 Å². The molecule has 0 atom stereocenters. The Hall–Kier alpha value is -4.01. The van der Waals surface area contributed by atoms with Gasteiger partial charge in [0.15, 0.2) is 5.57 Å². The summed E-state index contributed by atoms with van der Waals surface area (Å²) >= 11 is 1.43. The van der Waals surface area contributed by atoms with Gasteiger partial charge in [-0.2, -0.15) is 24.2 Å². The summed E-state index contributed by atoms with van der Waals surface area (Å²) in [5.41, 5.74) is 0.341. The fourth-order valence-electron chi connectivity index (χ4n) is 2.52. The number of fused-ring (bicyclic) bond motifs is 1. The standard InChI is InChI=1S/C20H11N5O3S2/c21-10-14(11-22)17(12-23)24-15-7-5-13(19(9-15)30(26,27)28)6-8-20-25-16-3-1-2-4-18(16)29-20/h1-9,24H,(H,26,27,28). The summed E-state index contributed by atoms with van der Waals surface area (Å²) < 4.78 is 34.3. The first kappa shape index (κ1) is 20.7. The molecule has 0 saturated carbocycles. The van der Waals surface area contributed by atoms with Crippen molar-refractivity contribution in [1.82, 2.24) is 4.98 Å². The Morgan fingerprint density at radius 2 is 1.80 bits per heavy atom. The Bertz CT molecular complexity index is 1380. The molecule has 2 aromatic carbocycles. The van der Waals surface area contributed by atoms with Gasteiger partial charge in [0.05, 0.1) is 10.2 Å². The third kappa shape index (κ3) is 4.52. The fraction of sp³-hybridized carbons (Fsp3) is 0. The summed E-state index contributed by atoms with van der Waals surface area (Å²) in [7, 11) is -4.60. The second kappa shape index (κ2) is 8.56. The van der Waals surface area contributed by atoms with Crippen LogP contribution < -0.4 is 5.32 Å². The first-order valence-corrected chi connectivity index (χ1v) is 10.5. The number of hydrogen-bond donors (Lipinski definition) is 2. The molecule has 2 N–H and O–H groups in total. The number of aromatic nitrogens is 1. The normalized spacial score (nSPS) is 10.9. The molecule has 0 spiro atoms. The number of thiazole rings is 1. The summed E-state index contributed by atoms with van der Waals surface area (Å²) in [4.78, 5) is 4.02. The van der Waals surface area contributed by atoms with Gasteiger partial charge in [-0.1, -0.05) is 24.3 Å². The number of nitrogens with one attached hydrogen (secondary N) is 1. The van der Waals surface area contributed by atoms with Gasteiger partial charge >= 0.3 is 0 Å². The van der Waals surface area contributed by atoms with Crippen LogP contribution in [-0.4, -0.2) is 18.0 Å². The minimum absolute atomic E-state index is 0.110. The van der Waals surface area contributed by atoms with E-state index in [9.17, 15) is 13.0 Å². The van der Waals surface area contributed by atoms with Gasteiger partial charge in [-0.15, -0.1) is 11.3 Å². The van der Waals surface area contributed by atoms with Gasteiger partial charge in [-0.3, -0.25) is 4.55 Å². The van der Waals surface area contributed by atoms with E-state index >= 15 is 0 Å². The van der Waals surface area contributed by atoms with Crippen LogP contribution in [-0.2, 0) is 10.1 Å². The van der Waals surface area contributed by atoms with Gasteiger partial charge in [0.2, 0.25) is 0 Å². The molecule has 10 heteroatoms. The molecule has 1 aromatic heterocycles. The largest absolute Gasteiger partial charge is 0.345 e. The number of nitriles is 3. The topological polar surface area (TPSA) is 151 Å². The summed E-state index contributed by atoms with van der Waals surface area (Å²) in [6.45, 7) is 0. The Labute approximate surface area is 176 Å².